The highest BCUT2D eigenvalue weighted by Crippen LogP contribution is 2.23. The van der Waals surface area contributed by atoms with E-state index in [1.807, 2.05) is 0 Å². The van der Waals surface area contributed by atoms with Crippen molar-refractivity contribution in [3.05, 3.63) is 58.6 Å². The van der Waals surface area contributed by atoms with Crippen LogP contribution in [0.2, 0.25) is 0 Å². The van der Waals surface area contributed by atoms with Gasteiger partial charge in [0.25, 0.3) is 11.6 Å². The van der Waals surface area contributed by atoms with Crippen LogP contribution < -0.4 is 10.1 Å². The average Bonchev–Trinajstić information content (AvgIpc) is 2.65. The van der Waals surface area contributed by atoms with E-state index in [-0.39, 0.29) is 11.4 Å². The Kier molecular flexibility index (Phi) is 6.98. The van der Waals surface area contributed by atoms with E-state index in [9.17, 15) is 19.7 Å². The van der Waals surface area contributed by atoms with E-state index in [0.717, 1.165) is 11.8 Å². The van der Waals surface area contributed by atoms with E-state index in [0.29, 0.717) is 16.3 Å². The summed E-state index contributed by atoms with van der Waals surface area (Å²) in [6.07, 6.45) is 0. The van der Waals surface area contributed by atoms with Crippen LogP contribution in [0.25, 0.3) is 0 Å². The van der Waals surface area contributed by atoms with Gasteiger partial charge < -0.3 is 14.8 Å². The molecule has 0 heterocycles. The zero-order chi connectivity index (χ0) is 18.9. The van der Waals surface area contributed by atoms with Gasteiger partial charge in [-0.15, -0.1) is 11.8 Å². The number of hydrogen-bond donors (Lipinski definition) is 1. The molecule has 8 nitrogen and oxygen atoms in total. The molecule has 9 heteroatoms. The standard InChI is InChI=1S/C17H16N2O6S/c1-24-15-5-3-2-4-14(15)18-16(20)10-25-17(21)11-26-13-8-6-12(7-9-13)19(22)23/h2-9H,10-11H2,1H3,(H,18,20). The number of carbonyl (C=O) groups is 2. The van der Waals surface area contributed by atoms with Crippen molar-refractivity contribution in [3.63, 3.8) is 0 Å². The van der Waals surface area contributed by atoms with Crippen molar-refractivity contribution in [3.8, 4) is 5.75 Å². The molecule has 0 aromatic heterocycles. The van der Waals surface area contributed by atoms with Crippen molar-refractivity contribution < 1.29 is 24.0 Å². The third-order valence-electron chi connectivity index (χ3n) is 3.15. The lowest BCUT2D eigenvalue weighted by atomic mass is 10.3. The number of nitrogens with zero attached hydrogens (tertiary/aromatic N) is 1. The molecule has 0 spiro atoms. The first-order valence-electron chi connectivity index (χ1n) is 7.45. The molecule has 2 rings (SSSR count). The Morgan fingerprint density at radius 1 is 1.15 bits per heavy atom. The van der Waals surface area contributed by atoms with E-state index in [4.69, 9.17) is 9.47 Å². The van der Waals surface area contributed by atoms with Gasteiger partial charge in [0.1, 0.15) is 5.75 Å². The van der Waals surface area contributed by atoms with Crippen molar-refractivity contribution in [2.75, 3.05) is 24.8 Å². The highest BCUT2D eigenvalue weighted by Gasteiger charge is 2.11. The molecule has 0 saturated heterocycles. The molecule has 1 amide bonds. The Hall–Kier alpha value is -3.07. The minimum atomic E-state index is -0.566. The molecular formula is C17H16N2O6S. The highest BCUT2D eigenvalue weighted by atomic mass is 32.2. The van der Waals surface area contributed by atoms with Crippen LogP contribution in [-0.4, -0.2) is 36.3 Å². The van der Waals surface area contributed by atoms with Gasteiger partial charge in [-0.25, -0.2) is 0 Å². The number of anilines is 1. The fourth-order valence-corrected chi connectivity index (χ4v) is 2.62. The van der Waals surface area contributed by atoms with Crippen molar-refractivity contribution in [2.45, 2.75) is 4.90 Å². The average molecular weight is 376 g/mol. The van der Waals surface area contributed by atoms with Crippen molar-refractivity contribution in [1.82, 2.24) is 0 Å². The molecule has 136 valence electrons. The summed E-state index contributed by atoms with van der Waals surface area (Å²) in [5.41, 5.74) is 0.459. The van der Waals surface area contributed by atoms with Gasteiger partial charge >= 0.3 is 5.97 Å². The van der Waals surface area contributed by atoms with E-state index >= 15 is 0 Å². The fourth-order valence-electron chi connectivity index (χ4n) is 1.93. The maximum Gasteiger partial charge on any atom is 0.316 e. The summed E-state index contributed by atoms with van der Waals surface area (Å²) in [7, 11) is 1.49. The maximum absolute atomic E-state index is 11.8. The smallest absolute Gasteiger partial charge is 0.316 e. The molecular weight excluding hydrogens is 360 g/mol. The second kappa shape index (κ2) is 9.42. The van der Waals surface area contributed by atoms with Crippen LogP contribution in [0.1, 0.15) is 0 Å². The zero-order valence-corrected chi connectivity index (χ0v) is 14.7. The van der Waals surface area contributed by atoms with Crippen LogP contribution >= 0.6 is 11.8 Å². The maximum atomic E-state index is 11.8. The van der Waals surface area contributed by atoms with Gasteiger partial charge in [0, 0.05) is 17.0 Å². The number of ether oxygens (including phenoxy) is 2. The van der Waals surface area contributed by atoms with Gasteiger partial charge in [0.05, 0.1) is 23.5 Å². The van der Waals surface area contributed by atoms with Gasteiger partial charge in [-0.3, -0.25) is 19.7 Å². The molecule has 0 radical (unpaired) electrons. The number of para-hydroxylation sites is 2. The Morgan fingerprint density at radius 3 is 2.50 bits per heavy atom. The number of nitro groups is 1. The first-order valence-corrected chi connectivity index (χ1v) is 8.44. The molecule has 2 aromatic rings. The largest absolute Gasteiger partial charge is 0.495 e. The van der Waals surface area contributed by atoms with E-state index in [2.05, 4.69) is 5.32 Å². The van der Waals surface area contributed by atoms with Gasteiger partial charge in [0.2, 0.25) is 0 Å². The Balaban J connectivity index is 1.75. The SMILES string of the molecule is COc1ccccc1NC(=O)COC(=O)CSc1ccc([N+](=O)[O-])cc1. The number of methoxy groups -OCH3 is 1. The lowest BCUT2D eigenvalue weighted by Gasteiger charge is -2.10. The molecule has 26 heavy (non-hydrogen) atoms. The van der Waals surface area contributed by atoms with Crippen molar-refractivity contribution in [1.29, 1.82) is 0 Å². The number of amides is 1. The molecule has 0 aliphatic rings. The Morgan fingerprint density at radius 2 is 1.85 bits per heavy atom. The third kappa shape index (κ3) is 5.78. The topological polar surface area (TPSA) is 108 Å². The van der Waals surface area contributed by atoms with Gasteiger partial charge in [-0.2, -0.15) is 0 Å². The first kappa shape index (κ1) is 19.3. The summed E-state index contributed by atoms with van der Waals surface area (Å²) >= 11 is 1.16. The van der Waals surface area contributed by atoms with Gasteiger partial charge in [0.15, 0.2) is 6.61 Å². The molecule has 0 saturated carbocycles. The van der Waals surface area contributed by atoms with Crippen LogP contribution in [0.3, 0.4) is 0 Å². The number of nitro benzene ring substituents is 1. The number of thioether (sulfide) groups is 1. The lowest BCUT2D eigenvalue weighted by Crippen LogP contribution is -2.21. The number of carbonyl (C=O) groups excluding carboxylic acids is 2. The Labute approximate surface area is 153 Å². The van der Waals surface area contributed by atoms with Crippen LogP contribution in [0.15, 0.2) is 53.4 Å². The zero-order valence-electron chi connectivity index (χ0n) is 13.8. The third-order valence-corrected chi connectivity index (χ3v) is 4.14. The monoisotopic (exact) mass is 376 g/mol. The molecule has 0 atom stereocenters. The minimum absolute atomic E-state index is 0.0141. The number of esters is 1. The predicted molar refractivity (Wildman–Crippen MR) is 96.4 cm³/mol. The fraction of sp³-hybridized carbons (Fsp3) is 0.176. The number of hydrogen-bond acceptors (Lipinski definition) is 7. The van der Waals surface area contributed by atoms with Gasteiger partial charge in [-0.05, 0) is 24.3 Å². The second-order valence-electron chi connectivity index (χ2n) is 4.95. The quantitative estimate of drug-likeness (QED) is 0.327. The van der Waals surface area contributed by atoms with Crippen molar-refractivity contribution >= 4 is 35.0 Å². The summed E-state index contributed by atoms with van der Waals surface area (Å²) in [6.45, 7) is -0.419. The van der Waals surface area contributed by atoms with E-state index in [1.54, 1.807) is 36.4 Å². The number of nitrogens with one attached hydrogen (secondary N) is 1. The predicted octanol–water partition coefficient (Wildman–Crippen LogP) is 2.88. The van der Waals surface area contributed by atoms with E-state index in [1.165, 1.54) is 19.2 Å². The molecule has 0 aliphatic heterocycles. The molecule has 1 N–H and O–H groups in total. The summed E-state index contributed by atoms with van der Waals surface area (Å²) < 4.78 is 10.0. The first-order chi connectivity index (χ1) is 12.5. The molecule has 0 bridgehead atoms. The number of benzene rings is 2. The molecule has 2 aromatic carbocycles. The van der Waals surface area contributed by atoms with Gasteiger partial charge in [-0.1, -0.05) is 12.1 Å². The van der Waals surface area contributed by atoms with Crippen molar-refractivity contribution in [2.24, 2.45) is 0 Å². The molecule has 0 fully saturated rings. The summed E-state index contributed by atoms with van der Waals surface area (Å²) in [5, 5.41) is 13.2. The molecule has 0 unspecified atom stereocenters. The van der Waals surface area contributed by atoms with Crippen LogP contribution in [0, 0.1) is 10.1 Å². The lowest BCUT2D eigenvalue weighted by molar-refractivity contribution is -0.384. The van der Waals surface area contributed by atoms with Crippen LogP contribution in [-0.2, 0) is 14.3 Å². The minimum Gasteiger partial charge on any atom is -0.495 e. The van der Waals surface area contributed by atoms with Crippen LogP contribution in [0.4, 0.5) is 11.4 Å². The Bertz CT molecular complexity index is 794. The second-order valence-corrected chi connectivity index (χ2v) is 6.00. The molecule has 0 aliphatic carbocycles. The summed E-state index contributed by atoms with van der Waals surface area (Å²) in [5.74, 6) is -0.563. The summed E-state index contributed by atoms with van der Waals surface area (Å²) in [6, 6.07) is 12.7. The normalized spacial score (nSPS) is 10.0. The number of rotatable bonds is 8. The summed E-state index contributed by atoms with van der Waals surface area (Å²) in [4.78, 5) is 34.3. The van der Waals surface area contributed by atoms with E-state index < -0.39 is 23.4 Å². The highest BCUT2D eigenvalue weighted by molar-refractivity contribution is 8.00. The number of non-ortho nitro benzene ring substituents is 1. The van der Waals surface area contributed by atoms with Crippen LogP contribution in [0.5, 0.6) is 5.75 Å².